The van der Waals surface area contributed by atoms with Crippen LogP contribution in [0.15, 0.2) is 34.8 Å². The number of benzene rings is 2. The van der Waals surface area contributed by atoms with Crippen molar-refractivity contribution in [2.24, 2.45) is 0 Å². The van der Waals surface area contributed by atoms with Crippen LogP contribution in [0.25, 0.3) is 0 Å². The Kier molecular flexibility index (Phi) is 8.19. The van der Waals surface area contributed by atoms with Crippen LogP contribution >= 0.6 is 39.1 Å². The zero-order valence-corrected chi connectivity index (χ0v) is 19.4. The Bertz CT molecular complexity index is 900. The average molecular weight is 504 g/mol. The number of hydrogen-bond acceptors (Lipinski definition) is 4. The molecule has 0 saturated heterocycles. The van der Waals surface area contributed by atoms with Gasteiger partial charge in [0.2, 0.25) is 0 Å². The van der Waals surface area contributed by atoms with Gasteiger partial charge in [0.1, 0.15) is 11.5 Å². The molecule has 2 aromatic carbocycles. The van der Waals surface area contributed by atoms with Crippen LogP contribution in [0.3, 0.4) is 0 Å². The third-order valence-corrected chi connectivity index (χ3v) is 4.95. The van der Waals surface area contributed by atoms with Gasteiger partial charge in [-0.2, -0.15) is 0 Å². The van der Waals surface area contributed by atoms with Crippen molar-refractivity contribution in [2.75, 3.05) is 0 Å². The summed E-state index contributed by atoms with van der Waals surface area (Å²) in [5.74, 6) is -0.122. The molecule has 2 amide bonds. The predicted molar refractivity (Wildman–Crippen MR) is 117 cm³/mol. The van der Waals surface area contributed by atoms with E-state index in [2.05, 4.69) is 26.8 Å². The van der Waals surface area contributed by atoms with Gasteiger partial charge in [0.25, 0.3) is 11.8 Å². The Morgan fingerprint density at radius 2 is 1.45 bits per heavy atom. The molecule has 2 N–H and O–H groups in total. The average Bonchev–Trinajstić information content (AvgIpc) is 2.64. The van der Waals surface area contributed by atoms with Crippen LogP contribution in [0.2, 0.25) is 10.0 Å². The largest absolute Gasteiger partial charge is 0.480 e. The molecule has 29 heavy (non-hydrogen) atoms. The maximum atomic E-state index is 12.3. The van der Waals surface area contributed by atoms with Gasteiger partial charge in [0.15, 0.2) is 12.2 Å². The van der Waals surface area contributed by atoms with Gasteiger partial charge >= 0.3 is 0 Å². The second kappa shape index (κ2) is 10.2. The first kappa shape index (κ1) is 23.3. The number of carbonyl (C=O) groups excluding carboxylic acids is 2. The van der Waals surface area contributed by atoms with E-state index in [9.17, 15) is 9.59 Å². The summed E-state index contributed by atoms with van der Waals surface area (Å²) in [6.45, 7) is 6.90. The van der Waals surface area contributed by atoms with Crippen molar-refractivity contribution in [3.8, 4) is 11.5 Å². The standard InChI is InChI=1S/C20H21BrCl2N2O4/c1-10-7-14(21)8-11(2)18(10)29-13(4)20(27)25-24-19(26)12(3)28-17-6-5-15(22)9-16(17)23/h5-9,12-13H,1-4H3,(H,24,26)(H,25,27). The Hall–Kier alpha value is -1.96. The fraction of sp³-hybridized carbons (Fsp3) is 0.300. The fourth-order valence-electron chi connectivity index (χ4n) is 2.45. The molecule has 0 aliphatic carbocycles. The SMILES string of the molecule is Cc1cc(Br)cc(C)c1OC(C)C(=O)NNC(=O)C(C)Oc1ccc(Cl)cc1Cl. The highest BCUT2D eigenvalue weighted by Gasteiger charge is 2.21. The first-order valence-electron chi connectivity index (χ1n) is 8.73. The number of aryl methyl sites for hydroxylation is 2. The van der Waals surface area contributed by atoms with Crippen LogP contribution in [0.5, 0.6) is 11.5 Å². The summed E-state index contributed by atoms with van der Waals surface area (Å²) in [5, 5.41) is 0.736. The molecule has 0 fully saturated rings. The van der Waals surface area contributed by atoms with Crippen molar-refractivity contribution in [3.05, 3.63) is 56.0 Å². The molecule has 2 atom stereocenters. The summed E-state index contributed by atoms with van der Waals surface area (Å²) in [6, 6.07) is 8.47. The molecular weight excluding hydrogens is 483 g/mol. The smallest absolute Gasteiger partial charge is 0.279 e. The van der Waals surface area contributed by atoms with Crippen LogP contribution in [0.1, 0.15) is 25.0 Å². The van der Waals surface area contributed by atoms with Gasteiger partial charge in [0.05, 0.1) is 5.02 Å². The van der Waals surface area contributed by atoms with E-state index >= 15 is 0 Å². The second-order valence-electron chi connectivity index (χ2n) is 6.44. The van der Waals surface area contributed by atoms with Gasteiger partial charge in [-0.3, -0.25) is 20.4 Å². The van der Waals surface area contributed by atoms with Gasteiger partial charge in [-0.1, -0.05) is 39.1 Å². The normalized spacial score (nSPS) is 12.7. The van der Waals surface area contributed by atoms with E-state index in [4.69, 9.17) is 32.7 Å². The Balaban J connectivity index is 1.89. The Morgan fingerprint density at radius 1 is 0.931 bits per heavy atom. The van der Waals surface area contributed by atoms with E-state index in [1.165, 1.54) is 13.0 Å². The summed E-state index contributed by atoms with van der Waals surface area (Å²) in [7, 11) is 0. The van der Waals surface area contributed by atoms with E-state index in [-0.39, 0.29) is 5.02 Å². The highest BCUT2D eigenvalue weighted by atomic mass is 79.9. The number of nitrogens with one attached hydrogen (secondary N) is 2. The molecule has 0 heterocycles. The molecule has 0 spiro atoms. The first-order valence-corrected chi connectivity index (χ1v) is 10.3. The van der Waals surface area contributed by atoms with Crippen LogP contribution in [0, 0.1) is 13.8 Å². The van der Waals surface area contributed by atoms with Crippen LogP contribution in [-0.4, -0.2) is 24.0 Å². The lowest BCUT2D eigenvalue weighted by Crippen LogP contribution is -2.50. The molecule has 0 saturated carbocycles. The van der Waals surface area contributed by atoms with E-state index in [1.807, 2.05) is 26.0 Å². The Labute approximate surface area is 188 Å². The fourth-order valence-corrected chi connectivity index (χ4v) is 3.59. The Morgan fingerprint density at radius 3 is 1.97 bits per heavy atom. The van der Waals surface area contributed by atoms with Crippen molar-refractivity contribution in [1.29, 1.82) is 0 Å². The van der Waals surface area contributed by atoms with Gasteiger partial charge in [0, 0.05) is 9.50 Å². The van der Waals surface area contributed by atoms with Crippen molar-refractivity contribution in [3.63, 3.8) is 0 Å². The number of hydrogen-bond donors (Lipinski definition) is 2. The van der Waals surface area contributed by atoms with Crippen LogP contribution < -0.4 is 20.3 Å². The minimum Gasteiger partial charge on any atom is -0.480 e. The number of amides is 2. The molecule has 0 bridgehead atoms. The number of halogens is 3. The van der Waals surface area contributed by atoms with Crippen molar-refractivity contribution in [1.82, 2.24) is 10.9 Å². The highest BCUT2D eigenvalue weighted by Crippen LogP contribution is 2.29. The molecule has 2 unspecified atom stereocenters. The monoisotopic (exact) mass is 502 g/mol. The van der Waals surface area contributed by atoms with Gasteiger partial charge < -0.3 is 9.47 Å². The summed E-state index contributed by atoms with van der Waals surface area (Å²) in [6.07, 6.45) is -1.73. The zero-order valence-electron chi connectivity index (χ0n) is 16.3. The van der Waals surface area contributed by atoms with Crippen LogP contribution in [-0.2, 0) is 9.59 Å². The third-order valence-electron chi connectivity index (χ3n) is 3.96. The quantitative estimate of drug-likeness (QED) is 0.557. The molecule has 0 aromatic heterocycles. The van der Waals surface area contributed by atoms with Gasteiger partial charge in [-0.25, -0.2) is 0 Å². The minimum atomic E-state index is -0.902. The third kappa shape index (κ3) is 6.52. The molecule has 0 radical (unpaired) electrons. The molecule has 9 heteroatoms. The van der Waals surface area contributed by atoms with Gasteiger partial charge in [-0.05, 0) is 69.2 Å². The lowest BCUT2D eigenvalue weighted by atomic mass is 10.1. The lowest BCUT2D eigenvalue weighted by Gasteiger charge is -2.20. The summed E-state index contributed by atoms with van der Waals surface area (Å²) in [4.78, 5) is 24.5. The number of hydrazine groups is 1. The van der Waals surface area contributed by atoms with Crippen molar-refractivity contribution < 1.29 is 19.1 Å². The second-order valence-corrected chi connectivity index (χ2v) is 8.20. The van der Waals surface area contributed by atoms with E-state index in [0.29, 0.717) is 16.5 Å². The van der Waals surface area contributed by atoms with Crippen LogP contribution in [0.4, 0.5) is 0 Å². The van der Waals surface area contributed by atoms with E-state index < -0.39 is 24.0 Å². The molecule has 2 rings (SSSR count). The number of carbonyl (C=O) groups is 2. The van der Waals surface area contributed by atoms with E-state index in [0.717, 1.165) is 15.6 Å². The summed E-state index contributed by atoms with van der Waals surface area (Å²) >= 11 is 15.3. The topological polar surface area (TPSA) is 76.7 Å². The molecule has 156 valence electrons. The van der Waals surface area contributed by atoms with E-state index in [1.54, 1.807) is 19.1 Å². The van der Waals surface area contributed by atoms with Crippen molar-refractivity contribution in [2.45, 2.75) is 39.9 Å². The lowest BCUT2D eigenvalue weighted by molar-refractivity contribution is -0.135. The maximum Gasteiger partial charge on any atom is 0.279 e. The van der Waals surface area contributed by atoms with Gasteiger partial charge in [-0.15, -0.1) is 0 Å². The summed E-state index contributed by atoms with van der Waals surface area (Å²) < 4.78 is 12.2. The zero-order chi connectivity index (χ0) is 21.7. The number of rotatable bonds is 6. The highest BCUT2D eigenvalue weighted by molar-refractivity contribution is 9.10. The first-order chi connectivity index (χ1) is 13.6. The minimum absolute atomic E-state index is 0.281. The van der Waals surface area contributed by atoms with Crippen molar-refractivity contribution >= 4 is 50.9 Å². The molecular formula is C20H21BrCl2N2O4. The molecule has 0 aliphatic heterocycles. The maximum absolute atomic E-state index is 12.3. The molecule has 2 aromatic rings. The molecule has 6 nitrogen and oxygen atoms in total. The number of ether oxygens (including phenoxy) is 2. The predicted octanol–water partition coefficient (Wildman–Crippen LogP) is 4.75. The molecule has 0 aliphatic rings. The summed E-state index contributed by atoms with van der Waals surface area (Å²) in [5.41, 5.74) is 6.44.